The summed E-state index contributed by atoms with van der Waals surface area (Å²) in [6.45, 7) is 0.479. The molecule has 0 aromatic carbocycles. The molecular formula is C15H20FN5O3S. The first-order chi connectivity index (χ1) is 11.9. The summed E-state index contributed by atoms with van der Waals surface area (Å²) in [5.74, 6) is 0.218. The number of sulfonamides is 1. The zero-order chi connectivity index (χ0) is 17.9. The predicted molar refractivity (Wildman–Crippen MR) is 89.7 cm³/mol. The Morgan fingerprint density at radius 1 is 1.28 bits per heavy atom. The van der Waals surface area contributed by atoms with Crippen LogP contribution < -0.4 is 10.0 Å². The largest absolute Gasteiger partial charge is 0.335 e. The Hall–Kier alpha value is -2.07. The molecule has 0 bridgehead atoms. The second-order valence-corrected chi connectivity index (χ2v) is 8.10. The number of pyridine rings is 1. The first-order valence-electron chi connectivity index (χ1n) is 8.06. The van der Waals surface area contributed by atoms with Gasteiger partial charge >= 0.3 is 6.01 Å². The third-order valence-corrected chi connectivity index (χ3v) is 4.88. The van der Waals surface area contributed by atoms with Crippen LogP contribution in [-0.4, -0.2) is 42.4 Å². The van der Waals surface area contributed by atoms with Crippen molar-refractivity contribution in [2.45, 2.75) is 31.7 Å². The molecule has 2 N–H and O–H groups in total. The molecule has 2 aromatic rings. The molecule has 0 saturated heterocycles. The molecule has 0 amide bonds. The lowest BCUT2D eigenvalue weighted by Crippen LogP contribution is -2.33. The van der Waals surface area contributed by atoms with Gasteiger partial charge in [-0.2, -0.15) is 4.98 Å². The van der Waals surface area contributed by atoms with E-state index in [2.05, 4.69) is 25.2 Å². The number of nitrogens with one attached hydrogen (secondary N) is 2. The maximum absolute atomic E-state index is 12.9. The SMILES string of the molecule is CS(=O)(=O)NCC1CCC(Nc2nc(-c3ccc(F)cn3)no2)CC1. The Kier molecular flexibility index (Phi) is 5.28. The van der Waals surface area contributed by atoms with Crippen molar-refractivity contribution >= 4 is 16.0 Å². The minimum absolute atomic E-state index is 0.198. The normalized spacial score (nSPS) is 21.2. The van der Waals surface area contributed by atoms with Gasteiger partial charge in [0.2, 0.25) is 15.8 Å². The Labute approximate surface area is 145 Å². The number of aromatic nitrogens is 3. The molecule has 2 aromatic heterocycles. The minimum Gasteiger partial charge on any atom is -0.335 e. The van der Waals surface area contributed by atoms with Crippen LogP contribution in [-0.2, 0) is 10.0 Å². The molecule has 1 aliphatic carbocycles. The van der Waals surface area contributed by atoms with E-state index in [0.29, 0.717) is 30.0 Å². The van der Waals surface area contributed by atoms with Crippen LogP contribution in [0.25, 0.3) is 11.5 Å². The molecule has 136 valence electrons. The monoisotopic (exact) mass is 369 g/mol. The van der Waals surface area contributed by atoms with Gasteiger partial charge in [0.25, 0.3) is 0 Å². The van der Waals surface area contributed by atoms with E-state index < -0.39 is 15.8 Å². The highest BCUT2D eigenvalue weighted by Gasteiger charge is 2.23. The number of hydrogen-bond donors (Lipinski definition) is 2. The van der Waals surface area contributed by atoms with Gasteiger partial charge in [-0.15, -0.1) is 0 Å². The lowest BCUT2D eigenvalue weighted by atomic mass is 9.86. The van der Waals surface area contributed by atoms with Crippen LogP contribution >= 0.6 is 0 Å². The molecule has 1 fully saturated rings. The van der Waals surface area contributed by atoms with Gasteiger partial charge in [-0.05, 0) is 43.7 Å². The molecule has 2 heterocycles. The number of anilines is 1. The van der Waals surface area contributed by atoms with Crippen LogP contribution in [0.1, 0.15) is 25.7 Å². The van der Waals surface area contributed by atoms with Crippen LogP contribution in [0, 0.1) is 11.7 Å². The van der Waals surface area contributed by atoms with E-state index in [9.17, 15) is 12.8 Å². The van der Waals surface area contributed by atoms with Gasteiger partial charge in [-0.3, -0.25) is 0 Å². The van der Waals surface area contributed by atoms with Crippen molar-refractivity contribution < 1.29 is 17.3 Å². The quantitative estimate of drug-likeness (QED) is 0.799. The highest BCUT2D eigenvalue weighted by Crippen LogP contribution is 2.26. The van der Waals surface area contributed by atoms with Crippen molar-refractivity contribution in [3.8, 4) is 11.5 Å². The topological polar surface area (TPSA) is 110 Å². The van der Waals surface area contributed by atoms with Gasteiger partial charge in [-0.25, -0.2) is 22.5 Å². The van der Waals surface area contributed by atoms with E-state index in [1.165, 1.54) is 18.4 Å². The minimum atomic E-state index is -3.14. The molecule has 10 heteroatoms. The van der Waals surface area contributed by atoms with Gasteiger partial charge in [0, 0.05) is 12.6 Å². The average molecular weight is 369 g/mol. The molecule has 0 spiro atoms. The summed E-state index contributed by atoms with van der Waals surface area (Å²) in [5, 5.41) is 7.04. The van der Waals surface area contributed by atoms with E-state index in [1.807, 2.05) is 0 Å². The van der Waals surface area contributed by atoms with Crippen LogP contribution in [0.3, 0.4) is 0 Å². The molecular weight excluding hydrogens is 349 g/mol. The highest BCUT2D eigenvalue weighted by molar-refractivity contribution is 7.88. The molecule has 25 heavy (non-hydrogen) atoms. The van der Waals surface area contributed by atoms with Crippen LogP contribution in [0.5, 0.6) is 0 Å². The summed E-state index contributed by atoms with van der Waals surface area (Å²) in [5.41, 5.74) is 0.439. The van der Waals surface area contributed by atoms with E-state index in [4.69, 9.17) is 4.52 Å². The van der Waals surface area contributed by atoms with E-state index in [-0.39, 0.29) is 6.04 Å². The molecule has 0 unspecified atom stereocenters. The Morgan fingerprint density at radius 3 is 2.68 bits per heavy atom. The third-order valence-electron chi connectivity index (χ3n) is 4.19. The lowest BCUT2D eigenvalue weighted by molar-refractivity contribution is 0.330. The number of rotatable bonds is 6. The summed E-state index contributed by atoms with van der Waals surface area (Å²) < 4.78 is 42.9. The van der Waals surface area contributed by atoms with Crippen molar-refractivity contribution in [3.63, 3.8) is 0 Å². The fraction of sp³-hybridized carbons (Fsp3) is 0.533. The molecule has 8 nitrogen and oxygen atoms in total. The van der Waals surface area contributed by atoms with Crippen LogP contribution in [0.15, 0.2) is 22.9 Å². The van der Waals surface area contributed by atoms with Crippen molar-refractivity contribution in [2.75, 3.05) is 18.1 Å². The molecule has 0 radical (unpaired) electrons. The summed E-state index contributed by atoms with van der Waals surface area (Å²) in [7, 11) is -3.14. The van der Waals surface area contributed by atoms with Crippen molar-refractivity contribution in [1.29, 1.82) is 0 Å². The first-order valence-corrected chi connectivity index (χ1v) is 9.95. The Bertz CT molecular complexity index is 801. The fourth-order valence-electron chi connectivity index (χ4n) is 2.85. The maximum Gasteiger partial charge on any atom is 0.322 e. The molecule has 1 saturated carbocycles. The van der Waals surface area contributed by atoms with Crippen molar-refractivity contribution in [2.24, 2.45) is 5.92 Å². The van der Waals surface area contributed by atoms with Crippen molar-refractivity contribution in [1.82, 2.24) is 19.8 Å². The smallest absolute Gasteiger partial charge is 0.322 e. The zero-order valence-corrected chi connectivity index (χ0v) is 14.6. The maximum atomic E-state index is 12.9. The van der Waals surface area contributed by atoms with E-state index in [0.717, 1.165) is 31.9 Å². The molecule has 0 atom stereocenters. The molecule has 1 aliphatic rings. The Balaban J connectivity index is 1.50. The van der Waals surface area contributed by atoms with Gasteiger partial charge in [0.15, 0.2) is 0 Å². The average Bonchev–Trinajstić information content (AvgIpc) is 3.03. The zero-order valence-electron chi connectivity index (χ0n) is 13.8. The number of nitrogens with zero attached hydrogens (tertiary/aromatic N) is 3. The summed E-state index contributed by atoms with van der Waals surface area (Å²) in [6.07, 6.45) is 5.89. The van der Waals surface area contributed by atoms with E-state index in [1.54, 1.807) is 0 Å². The number of halogens is 1. The van der Waals surface area contributed by atoms with Gasteiger partial charge in [0.05, 0.1) is 12.5 Å². The summed E-state index contributed by atoms with van der Waals surface area (Å²) >= 11 is 0. The standard InChI is InChI=1S/C15H20FN5O3S/c1-25(22,23)18-8-10-2-5-12(6-3-10)19-15-20-14(21-24-15)13-7-4-11(16)9-17-13/h4,7,9-10,12,18H,2-3,5-6,8H2,1H3,(H,19,20,21). The predicted octanol–water partition coefficient (Wildman–Crippen LogP) is 1.79. The summed E-state index contributed by atoms with van der Waals surface area (Å²) in [6, 6.07) is 3.28. The second-order valence-electron chi connectivity index (χ2n) is 6.27. The van der Waals surface area contributed by atoms with Gasteiger partial charge < -0.3 is 9.84 Å². The Morgan fingerprint density at radius 2 is 2.04 bits per heavy atom. The van der Waals surface area contributed by atoms with Gasteiger partial charge in [-0.1, -0.05) is 5.16 Å². The lowest BCUT2D eigenvalue weighted by Gasteiger charge is -2.28. The molecule has 3 rings (SSSR count). The highest BCUT2D eigenvalue weighted by atomic mass is 32.2. The third kappa shape index (κ3) is 5.20. The van der Waals surface area contributed by atoms with Crippen LogP contribution in [0.2, 0.25) is 0 Å². The summed E-state index contributed by atoms with van der Waals surface area (Å²) in [4.78, 5) is 8.14. The van der Waals surface area contributed by atoms with Gasteiger partial charge in [0.1, 0.15) is 11.5 Å². The second kappa shape index (κ2) is 7.44. The fourth-order valence-corrected chi connectivity index (χ4v) is 3.39. The molecule has 0 aliphatic heterocycles. The number of hydrogen-bond acceptors (Lipinski definition) is 7. The van der Waals surface area contributed by atoms with E-state index >= 15 is 0 Å². The van der Waals surface area contributed by atoms with Crippen LogP contribution in [0.4, 0.5) is 10.4 Å². The van der Waals surface area contributed by atoms with Crippen molar-refractivity contribution in [3.05, 3.63) is 24.1 Å². The first kappa shape index (κ1) is 17.7.